The van der Waals surface area contributed by atoms with E-state index in [1.807, 2.05) is 42.5 Å². The number of hydrogen-bond acceptors (Lipinski definition) is 4. The number of hydrogen-bond donors (Lipinski definition) is 0. The molecule has 0 bridgehead atoms. The average Bonchev–Trinajstić information content (AvgIpc) is 2.54. The van der Waals surface area contributed by atoms with Gasteiger partial charge in [0.2, 0.25) is 0 Å². The molecule has 4 heteroatoms. The van der Waals surface area contributed by atoms with E-state index >= 15 is 0 Å². The first kappa shape index (κ1) is 12.0. The summed E-state index contributed by atoms with van der Waals surface area (Å²) in [5.41, 5.74) is 3.09. The molecule has 0 aliphatic carbocycles. The molecule has 0 spiro atoms. The minimum absolute atomic E-state index is 0.698. The van der Waals surface area contributed by atoms with Gasteiger partial charge in [-0.25, -0.2) is 0 Å². The predicted octanol–water partition coefficient (Wildman–Crippen LogP) is 4.95. The van der Waals surface area contributed by atoms with Gasteiger partial charge in [0.1, 0.15) is 0 Å². The van der Waals surface area contributed by atoms with E-state index in [0.29, 0.717) is 5.76 Å². The van der Waals surface area contributed by atoms with E-state index in [1.54, 1.807) is 21.6 Å². The summed E-state index contributed by atoms with van der Waals surface area (Å²) in [6.45, 7) is 0. The lowest BCUT2D eigenvalue weighted by molar-refractivity contribution is -0.161. The van der Waals surface area contributed by atoms with Gasteiger partial charge in [-0.3, -0.25) is 9.78 Å². The number of para-hydroxylation sites is 1. The first-order valence-corrected chi connectivity index (χ1v) is 8.28. The van der Waals surface area contributed by atoms with Crippen molar-refractivity contribution >= 4 is 33.2 Å². The van der Waals surface area contributed by atoms with Crippen LogP contribution >= 0.6 is 21.6 Å². The molecule has 0 amide bonds. The van der Waals surface area contributed by atoms with Crippen LogP contribution in [0.5, 0.6) is 5.75 Å². The van der Waals surface area contributed by atoms with E-state index in [9.17, 15) is 0 Å². The van der Waals surface area contributed by atoms with Crippen molar-refractivity contribution in [3.8, 4) is 5.75 Å². The van der Waals surface area contributed by atoms with Crippen molar-refractivity contribution < 1.29 is 9.78 Å². The van der Waals surface area contributed by atoms with Crippen LogP contribution in [0.4, 0.5) is 0 Å². The molecule has 0 aromatic heterocycles. The summed E-state index contributed by atoms with van der Waals surface area (Å²) >= 11 is 0. The number of rotatable bonds is 1. The lowest BCUT2D eigenvalue weighted by atomic mass is 10.0. The fourth-order valence-electron chi connectivity index (χ4n) is 2.14. The molecular weight excluding hydrogens is 288 g/mol. The topological polar surface area (TPSA) is 18.5 Å². The van der Waals surface area contributed by atoms with Crippen molar-refractivity contribution in [2.45, 2.75) is 4.90 Å². The maximum Gasteiger partial charge on any atom is 0.188 e. The van der Waals surface area contributed by atoms with E-state index < -0.39 is 0 Å². The Kier molecular flexibility index (Phi) is 2.98. The lowest BCUT2D eigenvalue weighted by Gasteiger charge is -2.21. The van der Waals surface area contributed by atoms with Crippen molar-refractivity contribution in [1.29, 1.82) is 0 Å². The van der Waals surface area contributed by atoms with E-state index in [0.717, 1.165) is 22.4 Å². The second kappa shape index (κ2) is 4.96. The van der Waals surface area contributed by atoms with Gasteiger partial charge in [0.15, 0.2) is 11.5 Å². The van der Waals surface area contributed by atoms with Gasteiger partial charge in [-0.2, -0.15) is 0 Å². The largest absolute Gasteiger partial charge is 0.289 e. The van der Waals surface area contributed by atoms with E-state index in [-0.39, 0.29) is 0 Å². The van der Waals surface area contributed by atoms with Gasteiger partial charge in [-0.1, -0.05) is 58.0 Å². The normalized spacial score (nSPS) is 16.0. The van der Waals surface area contributed by atoms with Crippen LogP contribution in [0.3, 0.4) is 0 Å². The Balaban J connectivity index is 1.80. The van der Waals surface area contributed by atoms with Crippen molar-refractivity contribution in [2.24, 2.45) is 0 Å². The van der Waals surface area contributed by atoms with Gasteiger partial charge in [0.25, 0.3) is 0 Å². The molecule has 2 heterocycles. The summed E-state index contributed by atoms with van der Waals surface area (Å²) in [5, 5.41) is 3.30. The van der Waals surface area contributed by atoms with Gasteiger partial charge in [0, 0.05) is 27.0 Å². The van der Waals surface area contributed by atoms with Crippen molar-refractivity contribution in [3.05, 3.63) is 70.8 Å². The molecule has 0 fully saturated rings. The molecule has 0 unspecified atom stereocenters. The van der Waals surface area contributed by atoms with Crippen molar-refractivity contribution in [2.75, 3.05) is 0 Å². The summed E-state index contributed by atoms with van der Waals surface area (Å²) in [4.78, 5) is 12.0. The summed E-state index contributed by atoms with van der Waals surface area (Å²) in [6, 6.07) is 16.1. The molecule has 1 radical (unpaired) electrons. The Morgan fingerprint density at radius 1 is 0.900 bits per heavy atom. The molecule has 2 aromatic carbocycles. The Labute approximate surface area is 124 Å². The second-order valence-electron chi connectivity index (χ2n) is 4.35. The van der Waals surface area contributed by atoms with Crippen LogP contribution in [-0.4, -0.2) is 0 Å². The SMILES string of the molecule is [C]1=C(C2=Cc3ccccc3OO2)c2ccccc2SS1. The molecule has 2 aliphatic rings. The smallest absolute Gasteiger partial charge is 0.188 e. The third-order valence-electron chi connectivity index (χ3n) is 3.10. The molecular formula is C16H9O2S2. The Morgan fingerprint density at radius 3 is 2.75 bits per heavy atom. The summed E-state index contributed by atoms with van der Waals surface area (Å²) in [6.07, 6.45) is 1.99. The van der Waals surface area contributed by atoms with Crippen molar-refractivity contribution in [1.82, 2.24) is 0 Å². The summed E-state index contributed by atoms with van der Waals surface area (Å²) in [7, 11) is 3.28. The number of benzene rings is 2. The third kappa shape index (κ3) is 2.01. The maximum atomic E-state index is 5.44. The molecule has 97 valence electrons. The fraction of sp³-hybridized carbons (Fsp3) is 0. The van der Waals surface area contributed by atoms with Crippen LogP contribution in [0.15, 0.2) is 59.2 Å². The van der Waals surface area contributed by atoms with Gasteiger partial charge in [-0.15, -0.1) is 0 Å². The monoisotopic (exact) mass is 297 g/mol. The van der Waals surface area contributed by atoms with Crippen LogP contribution in [0, 0.1) is 5.41 Å². The molecule has 2 aliphatic heterocycles. The molecule has 0 saturated carbocycles. The zero-order valence-corrected chi connectivity index (χ0v) is 12.0. The number of fused-ring (bicyclic) bond motifs is 2. The number of allylic oxidation sites excluding steroid dienone is 1. The highest BCUT2D eigenvalue weighted by Crippen LogP contribution is 2.46. The Morgan fingerprint density at radius 2 is 1.75 bits per heavy atom. The molecule has 2 aromatic rings. The minimum atomic E-state index is 0.698. The Hall–Kier alpha value is -1.78. The second-order valence-corrected chi connectivity index (χ2v) is 6.33. The first-order chi connectivity index (χ1) is 9.92. The highest BCUT2D eigenvalue weighted by Gasteiger charge is 2.22. The fourth-order valence-corrected chi connectivity index (χ4v) is 4.04. The van der Waals surface area contributed by atoms with Crippen LogP contribution in [0.1, 0.15) is 11.1 Å². The quantitative estimate of drug-likeness (QED) is 0.547. The van der Waals surface area contributed by atoms with E-state index in [1.165, 1.54) is 4.90 Å². The van der Waals surface area contributed by atoms with Gasteiger partial charge in [-0.05, 0) is 18.2 Å². The van der Waals surface area contributed by atoms with Crippen LogP contribution < -0.4 is 4.89 Å². The molecule has 0 saturated heterocycles. The van der Waals surface area contributed by atoms with E-state index in [2.05, 4.69) is 17.5 Å². The molecule has 0 N–H and O–H groups in total. The zero-order chi connectivity index (χ0) is 13.4. The highest BCUT2D eigenvalue weighted by atomic mass is 33.1. The van der Waals surface area contributed by atoms with Crippen molar-refractivity contribution in [3.63, 3.8) is 0 Å². The molecule has 2 nitrogen and oxygen atoms in total. The zero-order valence-electron chi connectivity index (χ0n) is 10.3. The van der Waals surface area contributed by atoms with Crippen LogP contribution in [0.25, 0.3) is 11.6 Å². The third-order valence-corrected chi connectivity index (χ3v) is 5.05. The van der Waals surface area contributed by atoms with Crippen LogP contribution in [0.2, 0.25) is 0 Å². The highest BCUT2D eigenvalue weighted by molar-refractivity contribution is 8.77. The molecule has 0 atom stereocenters. The summed E-state index contributed by atoms with van der Waals surface area (Å²) < 4.78 is 0. The van der Waals surface area contributed by atoms with Crippen LogP contribution in [-0.2, 0) is 4.89 Å². The standard InChI is InChI=1S/C16H9O2S2/c1-3-7-14-11(5-1)9-15(18-17-14)13-10-19-20-16-8-4-2-6-12(13)16/h1-9H. The first-order valence-electron chi connectivity index (χ1n) is 6.13. The van der Waals surface area contributed by atoms with Gasteiger partial charge in [0.05, 0.1) is 0 Å². The molecule has 20 heavy (non-hydrogen) atoms. The lowest BCUT2D eigenvalue weighted by Crippen LogP contribution is -2.07. The Bertz CT molecular complexity index is 735. The predicted molar refractivity (Wildman–Crippen MR) is 82.7 cm³/mol. The molecule has 4 rings (SSSR count). The van der Waals surface area contributed by atoms with Gasteiger partial charge >= 0.3 is 0 Å². The average molecular weight is 297 g/mol. The summed E-state index contributed by atoms with van der Waals surface area (Å²) in [5.74, 6) is 1.44. The minimum Gasteiger partial charge on any atom is -0.289 e. The maximum absolute atomic E-state index is 5.44. The van der Waals surface area contributed by atoms with Gasteiger partial charge < -0.3 is 0 Å². The van der Waals surface area contributed by atoms with E-state index in [4.69, 9.17) is 9.78 Å².